The second kappa shape index (κ2) is 22.1. The highest BCUT2D eigenvalue weighted by Gasteiger charge is 2.69. The Labute approximate surface area is 430 Å². The van der Waals surface area contributed by atoms with Crippen LogP contribution in [0.5, 0.6) is 0 Å². The number of fused-ring (bicyclic) bond motifs is 7. The summed E-state index contributed by atoms with van der Waals surface area (Å²) in [5.41, 5.74) is -0.402. The van der Waals surface area contributed by atoms with E-state index in [1.54, 1.807) is 0 Å². The van der Waals surface area contributed by atoms with Gasteiger partial charge in [-0.15, -0.1) is 0 Å². The van der Waals surface area contributed by atoms with Crippen molar-refractivity contribution in [1.29, 1.82) is 0 Å². The first kappa shape index (κ1) is 57.1. The molecule has 5 heterocycles. The lowest BCUT2D eigenvalue weighted by atomic mass is 9.46. The normalized spacial score (nSPS) is 54.4. The van der Waals surface area contributed by atoms with Gasteiger partial charge in [0.05, 0.1) is 38.6 Å². The molecule has 14 N–H and O–H groups in total. The van der Waals surface area contributed by atoms with Crippen molar-refractivity contribution in [2.75, 3.05) is 26.4 Å². The molecule has 5 saturated heterocycles. The summed E-state index contributed by atoms with van der Waals surface area (Å²) in [4.78, 5) is 0. The Balaban J connectivity index is 0.862. The van der Waals surface area contributed by atoms with Crippen LogP contribution in [0.1, 0.15) is 86.0 Å². The summed E-state index contributed by atoms with van der Waals surface area (Å²) >= 11 is 0. The van der Waals surface area contributed by atoms with E-state index in [0.717, 1.165) is 32.1 Å². The molecule has 74 heavy (non-hydrogen) atoms. The second-order valence-corrected chi connectivity index (χ2v) is 23.6. The third-order valence-electron chi connectivity index (χ3n) is 18.9. The van der Waals surface area contributed by atoms with Crippen LogP contribution in [-0.4, -0.2) is 239 Å². The largest absolute Gasteiger partial charge is 0.492 e. The van der Waals surface area contributed by atoms with Crippen LogP contribution in [0.3, 0.4) is 0 Å². The molecule has 23 heteroatoms. The Kier molecular flexibility index (Phi) is 17.1. The number of rotatable bonds is 14. The average Bonchev–Trinajstić information content (AvgIpc) is 3.83. The van der Waals surface area contributed by atoms with Crippen molar-refractivity contribution in [2.24, 2.45) is 40.4 Å². The first-order valence-electron chi connectivity index (χ1n) is 26.6. The van der Waals surface area contributed by atoms with E-state index in [-0.39, 0.29) is 41.3 Å². The molecule has 0 aromatic carbocycles. The summed E-state index contributed by atoms with van der Waals surface area (Å²) in [6, 6.07) is 0. The van der Waals surface area contributed by atoms with Gasteiger partial charge in [-0.1, -0.05) is 32.4 Å². The van der Waals surface area contributed by atoms with Crippen LogP contribution in [0.15, 0.2) is 23.5 Å². The Bertz CT molecular complexity index is 1970. The van der Waals surface area contributed by atoms with Gasteiger partial charge in [0.1, 0.15) is 109 Å². The third kappa shape index (κ3) is 10.1. The Morgan fingerprint density at radius 2 is 1.23 bits per heavy atom. The zero-order chi connectivity index (χ0) is 53.5. The lowest BCUT2D eigenvalue weighted by Gasteiger charge is -2.58. The van der Waals surface area contributed by atoms with Crippen molar-refractivity contribution in [3.8, 4) is 0 Å². The highest BCUT2D eigenvalue weighted by Crippen LogP contribution is 2.70. The summed E-state index contributed by atoms with van der Waals surface area (Å²) < 4.78 is 54.3. The molecule has 0 amide bonds. The monoisotopic (exact) mass is 1060 g/mol. The number of aliphatic hydroxyl groups excluding tert-OH is 13. The Morgan fingerprint density at radius 1 is 0.649 bits per heavy atom. The fourth-order valence-corrected chi connectivity index (χ4v) is 14.7. The maximum Gasteiger partial charge on any atom is 0.187 e. The molecule has 3 saturated carbocycles. The first-order chi connectivity index (χ1) is 35.0. The minimum absolute atomic E-state index is 0.105. The fourth-order valence-electron chi connectivity index (χ4n) is 14.7. The Morgan fingerprint density at radius 3 is 1.88 bits per heavy atom. The maximum absolute atomic E-state index is 12.3. The van der Waals surface area contributed by atoms with E-state index in [4.69, 9.17) is 42.6 Å². The van der Waals surface area contributed by atoms with E-state index in [1.165, 1.54) is 12.5 Å². The molecule has 0 aromatic heterocycles. The molecule has 9 aliphatic rings. The van der Waals surface area contributed by atoms with Gasteiger partial charge in [0.15, 0.2) is 25.2 Å². The van der Waals surface area contributed by atoms with Crippen molar-refractivity contribution >= 4 is 0 Å². The van der Waals surface area contributed by atoms with Crippen molar-refractivity contribution in [2.45, 2.75) is 227 Å². The maximum atomic E-state index is 12.3. The SMILES string of the molecule is CC(C/C=C1\O[C@H]2C[C@H]3[C@@H]4CC=C5C[C@@H](O[C@@H]6O[C@H](CO)[C@@H](O[C@@H]7O[C@H](CO)[C@@H](O)[C@H](O)[C@H]7O)[C@H](O)[C@H]6O[C@@H]6O[C@@H](C)[C@H](O)[C@@H](O)[C@H]6O)CC[C@]5(C)[C@H]4CC[C@]3(C)[C@H]2[C@]1(C)O)CO[C@@H]1O[C@H](CO)[C@@H](O)[C@H](O)[C@H]1O. The molecular formula is C51H82O23. The van der Waals surface area contributed by atoms with Gasteiger partial charge in [0.25, 0.3) is 0 Å². The number of hydrogen-bond acceptors (Lipinski definition) is 23. The Hall–Kier alpha value is -1.60. The van der Waals surface area contributed by atoms with E-state index >= 15 is 0 Å². The second-order valence-electron chi connectivity index (χ2n) is 23.6. The van der Waals surface area contributed by atoms with E-state index in [9.17, 15) is 71.5 Å². The molecule has 30 atom stereocenters. The highest BCUT2D eigenvalue weighted by molar-refractivity contribution is 5.29. The van der Waals surface area contributed by atoms with Gasteiger partial charge in [-0.2, -0.15) is 0 Å². The van der Waals surface area contributed by atoms with Crippen molar-refractivity contribution in [3.63, 3.8) is 0 Å². The topological polar surface area (TPSA) is 366 Å². The van der Waals surface area contributed by atoms with Crippen molar-refractivity contribution in [3.05, 3.63) is 23.5 Å². The van der Waals surface area contributed by atoms with Gasteiger partial charge < -0.3 is 114 Å². The molecule has 0 radical (unpaired) electrons. The molecule has 0 aromatic rings. The average molecular weight is 1060 g/mol. The minimum atomic E-state index is -1.86. The van der Waals surface area contributed by atoms with Gasteiger partial charge in [-0.05, 0) is 106 Å². The fraction of sp³-hybridized carbons (Fsp3) is 0.922. The first-order valence-corrected chi connectivity index (χ1v) is 26.6. The van der Waals surface area contributed by atoms with E-state index < -0.39 is 154 Å². The lowest BCUT2D eigenvalue weighted by molar-refractivity contribution is -0.389. The quantitative estimate of drug-likeness (QED) is 0.0767. The molecule has 0 bridgehead atoms. The van der Waals surface area contributed by atoms with Gasteiger partial charge in [0, 0.05) is 5.92 Å². The minimum Gasteiger partial charge on any atom is -0.492 e. The van der Waals surface area contributed by atoms with E-state index in [2.05, 4.69) is 19.9 Å². The number of hydrogen-bond donors (Lipinski definition) is 14. The molecule has 0 spiro atoms. The van der Waals surface area contributed by atoms with Crippen LogP contribution in [0.2, 0.25) is 0 Å². The zero-order valence-corrected chi connectivity index (χ0v) is 42.7. The summed E-state index contributed by atoms with van der Waals surface area (Å²) in [7, 11) is 0. The van der Waals surface area contributed by atoms with Crippen LogP contribution >= 0.6 is 0 Å². The summed E-state index contributed by atoms with van der Waals surface area (Å²) in [6.45, 7) is 7.96. The molecule has 5 aliphatic heterocycles. The molecule has 4 aliphatic carbocycles. The standard InChI is InChI=1S/C51H82O23/c1-20(19-66-45-38(61)36(59)33(56)28(16-52)70-45)6-9-31-51(5,65)44-27(69-31)15-26-24-8-7-22-14-23(10-12-49(22,3)25(24)11-13-50(26,44)4)68-48-43(74-46-39(62)35(58)32(55)21(2)67-46)41(64)42(30(18-54)72-48)73-47-40(63)37(60)34(57)29(17-53)71-47/h7,9,20-21,23-30,32-48,52-65H,6,8,10-19H2,1-5H3/b31-9-/t20?,21-,23-,24+,25-,26-,27-,28+,29+,30+,32-,33+,34+,35+,36-,37-,38+,39+,40+,41-,42+,43+,44-,45+,46-,47-,48+,49-,50-,51+/m0/s1. The van der Waals surface area contributed by atoms with E-state index in [0.29, 0.717) is 36.9 Å². The van der Waals surface area contributed by atoms with Gasteiger partial charge >= 0.3 is 0 Å². The third-order valence-corrected chi connectivity index (χ3v) is 18.9. The predicted molar refractivity (Wildman–Crippen MR) is 250 cm³/mol. The summed E-state index contributed by atoms with van der Waals surface area (Å²) in [5.74, 6) is 1.23. The van der Waals surface area contributed by atoms with Crippen molar-refractivity contribution < 1.29 is 114 Å². The van der Waals surface area contributed by atoms with Gasteiger partial charge in [0.2, 0.25) is 0 Å². The number of allylic oxidation sites excluding steroid dienone is 2. The van der Waals surface area contributed by atoms with Crippen LogP contribution < -0.4 is 0 Å². The number of ether oxygens (including phenoxy) is 9. The molecule has 8 fully saturated rings. The van der Waals surface area contributed by atoms with Crippen LogP contribution in [-0.2, 0) is 42.6 Å². The van der Waals surface area contributed by atoms with Gasteiger partial charge in [-0.3, -0.25) is 0 Å². The summed E-state index contributed by atoms with van der Waals surface area (Å²) in [6.07, 6.45) is -21.1. The zero-order valence-electron chi connectivity index (χ0n) is 42.7. The van der Waals surface area contributed by atoms with Crippen LogP contribution in [0, 0.1) is 40.4 Å². The van der Waals surface area contributed by atoms with Crippen LogP contribution in [0.4, 0.5) is 0 Å². The molecule has 9 rings (SSSR count). The van der Waals surface area contributed by atoms with Crippen molar-refractivity contribution in [1.82, 2.24) is 0 Å². The molecule has 23 nitrogen and oxygen atoms in total. The van der Waals surface area contributed by atoms with Gasteiger partial charge in [-0.25, -0.2) is 0 Å². The predicted octanol–water partition coefficient (Wildman–Crippen LogP) is -3.09. The smallest absolute Gasteiger partial charge is 0.187 e. The molecular weight excluding hydrogens is 981 g/mol. The van der Waals surface area contributed by atoms with Crippen LogP contribution in [0.25, 0.3) is 0 Å². The highest BCUT2D eigenvalue weighted by atomic mass is 16.8. The lowest BCUT2D eigenvalue weighted by Crippen LogP contribution is -2.67. The van der Waals surface area contributed by atoms with E-state index in [1.807, 2.05) is 19.9 Å². The molecule has 424 valence electrons. The number of aliphatic hydroxyl groups is 14. The summed E-state index contributed by atoms with van der Waals surface area (Å²) in [5, 5.41) is 149. The molecule has 1 unspecified atom stereocenters.